The second kappa shape index (κ2) is 6.73. The Labute approximate surface area is 139 Å². The topological polar surface area (TPSA) is 44.5 Å². The predicted molar refractivity (Wildman–Crippen MR) is 86.0 cm³/mol. The molecule has 2 rings (SSSR count). The average molecular weight is 339 g/mol. The first kappa shape index (κ1) is 18.1. The maximum absolute atomic E-state index is 12.2. The van der Waals surface area contributed by atoms with Crippen LogP contribution in [0.5, 0.6) is 11.5 Å². The molecule has 3 nitrogen and oxygen atoms in total. The van der Waals surface area contributed by atoms with Crippen molar-refractivity contribution in [3.63, 3.8) is 0 Å². The summed E-state index contributed by atoms with van der Waals surface area (Å²) < 4.78 is 46.1. The van der Waals surface area contributed by atoms with Gasteiger partial charge in [0.15, 0.2) is 0 Å². The van der Waals surface area contributed by atoms with Crippen molar-refractivity contribution in [1.82, 2.24) is 0 Å². The maximum Gasteiger partial charge on any atom is 0.573 e. The van der Waals surface area contributed by atoms with Crippen LogP contribution in [-0.2, 0) is 0 Å². The summed E-state index contributed by atoms with van der Waals surface area (Å²) in [5.74, 6) is 0.458. The van der Waals surface area contributed by atoms with Gasteiger partial charge in [-0.2, -0.15) is 0 Å². The molecule has 0 saturated heterocycles. The zero-order valence-corrected chi connectivity index (χ0v) is 13.7. The van der Waals surface area contributed by atoms with Crippen molar-refractivity contribution in [2.75, 3.05) is 0 Å². The van der Waals surface area contributed by atoms with E-state index in [4.69, 9.17) is 10.5 Å². The van der Waals surface area contributed by atoms with Crippen LogP contribution in [0.25, 0.3) is 0 Å². The van der Waals surface area contributed by atoms with E-state index in [1.54, 1.807) is 0 Å². The third-order valence-electron chi connectivity index (χ3n) is 3.14. The Morgan fingerprint density at radius 1 is 0.750 bits per heavy atom. The molecule has 0 bridgehead atoms. The summed E-state index contributed by atoms with van der Waals surface area (Å²) in [5, 5.41) is 0. The molecule has 130 valence electrons. The number of rotatable bonds is 4. The highest BCUT2D eigenvalue weighted by Crippen LogP contribution is 2.27. The summed E-state index contributed by atoms with van der Waals surface area (Å²) in [5.41, 5.74) is 7.40. The van der Waals surface area contributed by atoms with Gasteiger partial charge >= 0.3 is 6.36 Å². The number of hydrogen-bond donors (Lipinski definition) is 1. The Bertz CT molecular complexity index is 599. The minimum Gasteiger partial charge on any atom is -0.488 e. The molecular weight excluding hydrogens is 319 g/mol. The van der Waals surface area contributed by atoms with Gasteiger partial charge in [0.05, 0.1) is 6.04 Å². The zero-order chi connectivity index (χ0) is 18.0. The summed E-state index contributed by atoms with van der Waals surface area (Å²) in [7, 11) is 0. The van der Waals surface area contributed by atoms with E-state index in [2.05, 4.69) is 4.74 Å². The SMILES string of the molecule is CC(C)(C)Oc1ccc([C@@H](N)c2ccc(OC(F)(F)F)cc2)cc1. The highest BCUT2D eigenvalue weighted by molar-refractivity contribution is 5.37. The van der Waals surface area contributed by atoms with Crippen LogP contribution < -0.4 is 15.2 Å². The Morgan fingerprint density at radius 3 is 1.46 bits per heavy atom. The maximum atomic E-state index is 12.2. The van der Waals surface area contributed by atoms with E-state index >= 15 is 0 Å². The fourth-order valence-electron chi connectivity index (χ4n) is 2.17. The summed E-state index contributed by atoms with van der Waals surface area (Å²) in [6.45, 7) is 5.87. The van der Waals surface area contributed by atoms with Crippen LogP contribution in [0, 0.1) is 0 Å². The van der Waals surface area contributed by atoms with Gasteiger partial charge in [-0.1, -0.05) is 24.3 Å². The molecule has 0 saturated carbocycles. The Balaban J connectivity index is 2.09. The molecule has 2 aromatic carbocycles. The van der Waals surface area contributed by atoms with Gasteiger partial charge in [0.25, 0.3) is 0 Å². The van der Waals surface area contributed by atoms with Gasteiger partial charge in [-0.05, 0) is 56.2 Å². The standard InChI is InChI=1S/C18H20F3NO2/c1-17(2,3)23-14-8-4-12(5-9-14)16(22)13-6-10-15(11-7-13)24-18(19,20)21/h4-11,16H,22H2,1-3H3/t16-/m1/s1. The largest absolute Gasteiger partial charge is 0.573 e. The van der Waals surface area contributed by atoms with E-state index < -0.39 is 12.4 Å². The van der Waals surface area contributed by atoms with Crippen molar-refractivity contribution in [1.29, 1.82) is 0 Å². The summed E-state index contributed by atoms with van der Waals surface area (Å²) in [4.78, 5) is 0. The lowest BCUT2D eigenvalue weighted by molar-refractivity contribution is -0.274. The molecule has 2 aromatic rings. The third kappa shape index (κ3) is 5.45. The van der Waals surface area contributed by atoms with Crippen LogP contribution in [0.2, 0.25) is 0 Å². The van der Waals surface area contributed by atoms with Crippen molar-refractivity contribution in [3.8, 4) is 11.5 Å². The van der Waals surface area contributed by atoms with E-state index in [-0.39, 0.29) is 11.4 Å². The smallest absolute Gasteiger partial charge is 0.488 e. The zero-order valence-electron chi connectivity index (χ0n) is 13.7. The molecule has 0 spiro atoms. The van der Waals surface area contributed by atoms with Gasteiger partial charge in [-0.15, -0.1) is 13.2 Å². The molecule has 0 unspecified atom stereocenters. The predicted octanol–water partition coefficient (Wildman–Crippen LogP) is 4.81. The second-order valence-electron chi connectivity index (χ2n) is 6.38. The molecule has 0 aliphatic carbocycles. The minimum absolute atomic E-state index is 0.271. The van der Waals surface area contributed by atoms with Crippen molar-refractivity contribution in [3.05, 3.63) is 59.7 Å². The van der Waals surface area contributed by atoms with Crippen molar-refractivity contribution < 1.29 is 22.6 Å². The van der Waals surface area contributed by atoms with Crippen LogP contribution in [0.1, 0.15) is 37.9 Å². The average Bonchev–Trinajstić information content (AvgIpc) is 2.45. The first-order valence-electron chi connectivity index (χ1n) is 7.44. The highest BCUT2D eigenvalue weighted by atomic mass is 19.4. The Hall–Kier alpha value is -2.21. The normalized spacial score (nSPS) is 13.5. The van der Waals surface area contributed by atoms with Gasteiger partial charge in [0.1, 0.15) is 17.1 Å². The summed E-state index contributed by atoms with van der Waals surface area (Å²) in [6.07, 6.45) is -4.70. The Kier molecular flexibility index (Phi) is 5.08. The molecular formula is C18H20F3NO2. The first-order chi connectivity index (χ1) is 11.0. The lowest BCUT2D eigenvalue weighted by Gasteiger charge is -2.21. The monoisotopic (exact) mass is 339 g/mol. The molecule has 2 N–H and O–H groups in total. The van der Waals surface area contributed by atoms with E-state index in [1.807, 2.05) is 45.0 Å². The molecule has 24 heavy (non-hydrogen) atoms. The van der Waals surface area contributed by atoms with Gasteiger partial charge in [-0.25, -0.2) is 0 Å². The van der Waals surface area contributed by atoms with Crippen LogP contribution in [0.3, 0.4) is 0 Å². The summed E-state index contributed by atoms with van der Waals surface area (Å²) in [6, 6.07) is 12.4. The molecule has 0 radical (unpaired) electrons. The van der Waals surface area contributed by atoms with Crippen LogP contribution in [0.15, 0.2) is 48.5 Å². The Morgan fingerprint density at radius 2 is 1.12 bits per heavy atom. The molecule has 0 aliphatic heterocycles. The second-order valence-corrected chi connectivity index (χ2v) is 6.38. The fraction of sp³-hybridized carbons (Fsp3) is 0.333. The van der Waals surface area contributed by atoms with Crippen molar-refractivity contribution in [2.45, 2.75) is 38.8 Å². The molecule has 0 aliphatic rings. The van der Waals surface area contributed by atoms with Crippen LogP contribution in [-0.4, -0.2) is 12.0 Å². The van der Waals surface area contributed by atoms with E-state index in [9.17, 15) is 13.2 Å². The molecule has 0 amide bonds. The molecule has 6 heteroatoms. The van der Waals surface area contributed by atoms with E-state index in [0.29, 0.717) is 5.56 Å². The van der Waals surface area contributed by atoms with Crippen LogP contribution in [0.4, 0.5) is 13.2 Å². The molecule has 1 atom stereocenters. The minimum atomic E-state index is -4.70. The molecule has 0 aromatic heterocycles. The van der Waals surface area contributed by atoms with Crippen molar-refractivity contribution >= 4 is 0 Å². The summed E-state index contributed by atoms with van der Waals surface area (Å²) >= 11 is 0. The van der Waals surface area contributed by atoms with E-state index in [0.717, 1.165) is 11.3 Å². The quantitative estimate of drug-likeness (QED) is 0.869. The van der Waals surface area contributed by atoms with Gasteiger partial charge in [0, 0.05) is 0 Å². The highest BCUT2D eigenvalue weighted by Gasteiger charge is 2.31. The lowest BCUT2D eigenvalue weighted by Crippen LogP contribution is -2.23. The molecule has 0 heterocycles. The lowest BCUT2D eigenvalue weighted by atomic mass is 9.99. The first-order valence-corrected chi connectivity index (χ1v) is 7.44. The third-order valence-corrected chi connectivity index (χ3v) is 3.14. The molecule has 0 fully saturated rings. The number of nitrogens with two attached hydrogens (primary N) is 1. The van der Waals surface area contributed by atoms with Gasteiger partial charge in [0.2, 0.25) is 0 Å². The van der Waals surface area contributed by atoms with Crippen LogP contribution >= 0.6 is 0 Å². The van der Waals surface area contributed by atoms with Crippen molar-refractivity contribution in [2.24, 2.45) is 5.73 Å². The number of halogens is 3. The number of benzene rings is 2. The fourth-order valence-corrected chi connectivity index (χ4v) is 2.17. The van der Waals surface area contributed by atoms with E-state index in [1.165, 1.54) is 24.3 Å². The van der Waals surface area contributed by atoms with Gasteiger partial charge in [-0.3, -0.25) is 0 Å². The number of ether oxygens (including phenoxy) is 2. The number of alkyl halides is 3. The van der Waals surface area contributed by atoms with Gasteiger partial charge < -0.3 is 15.2 Å². The number of hydrogen-bond acceptors (Lipinski definition) is 3.